The van der Waals surface area contributed by atoms with Crippen LogP contribution in [0.1, 0.15) is 39.0 Å². The van der Waals surface area contributed by atoms with Gasteiger partial charge >= 0.3 is 5.97 Å². The average Bonchev–Trinajstić information content (AvgIpc) is 2.68. The predicted molar refractivity (Wildman–Crippen MR) is 79.8 cm³/mol. The minimum Gasteiger partial charge on any atom is -0.466 e. The van der Waals surface area contributed by atoms with Crippen molar-refractivity contribution >= 4 is 16.9 Å². The van der Waals surface area contributed by atoms with Gasteiger partial charge in [-0.1, -0.05) is 32.9 Å². The van der Waals surface area contributed by atoms with Crippen molar-refractivity contribution in [3.05, 3.63) is 29.5 Å². The highest BCUT2D eigenvalue weighted by Crippen LogP contribution is 2.31. The van der Waals surface area contributed by atoms with Crippen LogP contribution in [0.5, 0.6) is 0 Å². The second-order valence-electron chi connectivity index (χ2n) is 6.02. The van der Waals surface area contributed by atoms with E-state index in [0.717, 1.165) is 22.2 Å². The van der Waals surface area contributed by atoms with Crippen LogP contribution in [0.3, 0.4) is 0 Å². The van der Waals surface area contributed by atoms with Gasteiger partial charge in [0, 0.05) is 17.8 Å². The van der Waals surface area contributed by atoms with Crippen molar-refractivity contribution in [2.75, 3.05) is 6.61 Å². The largest absolute Gasteiger partial charge is 0.466 e. The van der Waals surface area contributed by atoms with E-state index in [1.54, 1.807) is 0 Å². The van der Waals surface area contributed by atoms with Gasteiger partial charge in [0.1, 0.15) is 0 Å². The molecule has 0 atom stereocenters. The number of benzene rings is 1. The Hall–Kier alpha value is -1.84. The molecule has 0 saturated carbocycles. The normalized spacial score (nSPS) is 11.8. The Kier molecular flexibility index (Phi) is 3.84. The Balaban J connectivity index is 2.58. The number of aromatic nitrogens is 2. The molecule has 0 fully saturated rings. The molecule has 4 heteroatoms. The molecular weight excluding hydrogens is 252 g/mol. The predicted octanol–water partition coefficient (Wildman–Crippen LogP) is 2.98. The number of carbonyl (C=O) groups excluding carboxylic acids is 1. The zero-order chi connectivity index (χ0) is 14.9. The zero-order valence-electron chi connectivity index (χ0n) is 12.9. The highest BCUT2D eigenvalue weighted by atomic mass is 16.5. The number of nitrogens with zero attached hydrogens (tertiary/aromatic N) is 2. The van der Waals surface area contributed by atoms with E-state index in [2.05, 4.69) is 25.9 Å². The molecule has 0 unspecified atom stereocenters. The van der Waals surface area contributed by atoms with E-state index in [1.165, 1.54) is 0 Å². The number of ether oxygens (including phenoxy) is 1. The summed E-state index contributed by atoms with van der Waals surface area (Å²) in [6.07, 6.45) is 0.292. The monoisotopic (exact) mass is 274 g/mol. The number of esters is 1. The van der Waals surface area contributed by atoms with Crippen LogP contribution < -0.4 is 0 Å². The van der Waals surface area contributed by atoms with Gasteiger partial charge in [0.25, 0.3) is 0 Å². The Morgan fingerprint density at radius 1 is 1.35 bits per heavy atom. The molecule has 0 aliphatic carbocycles. The van der Waals surface area contributed by atoms with Crippen LogP contribution in [-0.4, -0.2) is 22.4 Å². The number of hydrogen-bond donors (Lipinski definition) is 0. The first-order chi connectivity index (χ1) is 9.34. The van der Waals surface area contributed by atoms with Crippen LogP contribution in [0.15, 0.2) is 18.2 Å². The Labute approximate surface area is 119 Å². The molecule has 0 saturated heterocycles. The van der Waals surface area contributed by atoms with Crippen molar-refractivity contribution in [3.63, 3.8) is 0 Å². The molecule has 0 amide bonds. The van der Waals surface area contributed by atoms with E-state index < -0.39 is 0 Å². The summed E-state index contributed by atoms with van der Waals surface area (Å²) in [5.74, 6) is -0.191. The van der Waals surface area contributed by atoms with Gasteiger partial charge in [-0.2, -0.15) is 5.10 Å². The summed E-state index contributed by atoms with van der Waals surface area (Å²) in [5.41, 5.74) is 3.00. The molecular formula is C16H22N2O2. The van der Waals surface area contributed by atoms with E-state index in [9.17, 15) is 4.79 Å². The maximum atomic E-state index is 11.8. The van der Waals surface area contributed by atoms with Gasteiger partial charge in [0.2, 0.25) is 0 Å². The minimum absolute atomic E-state index is 0.0652. The fourth-order valence-corrected chi connectivity index (χ4v) is 2.42. The van der Waals surface area contributed by atoms with Gasteiger partial charge in [0.15, 0.2) is 0 Å². The summed E-state index contributed by atoms with van der Waals surface area (Å²) in [4.78, 5) is 11.8. The third-order valence-electron chi connectivity index (χ3n) is 3.31. The van der Waals surface area contributed by atoms with E-state index in [1.807, 2.05) is 36.9 Å². The molecule has 0 aliphatic heterocycles. The van der Waals surface area contributed by atoms with Crippen molar-refractivity contribution in [3.8, 4) is 0 Å². The number of rotatable bonds is 3. The van der Waals surface area contributed by atoms with Crippen molar-refractivity contribution in [2.45, 2.75) is 39.5 Å². The molecule has 0 N–H and O–H groups in total. The van der Waals surface area contributed by atoms with E-state index in [4.69, 9.17) is 4.74 Å². The highest BCUT2D eigenvalue weighted by molar-refractivity contribution is 5.89. The standard InChI is InChI=1S/C16H22N2O2/c1-6-20-13(19)10-11-8-7-9-12-14(11)15(16(2,3)4)17-18(12)5/h7-9H,6,10H2,1-5H3. The first-order valence-electron chi connectivity index (χ1n) is 6.95. The Morgan fingerprint density at radius 2 is 2.05 bits per heavy atom. The average molecular weight is 274 g/mol. The van der Waals surface area contributed by atoms with E-state index in [-0.39, 0.29) is 11.4 Å². The topological polar surface area (TPSA) is 44.1 Å². The molecule has 20 heavy (non-hydrogen) atoms. The van der Waals surface area contributed by atoms with E-state index in [0.29, 0.717) is 13.0 Å². The summed E-state index contributed by atoms with van der Waals surface area (Å²) in [5, 5.41) is 5.72. The lowest BCUT2D eigenvalue weighted by atomic mass is 9.88. The maximum absolute atomic E-state index is 11.8. The van der Waals surface area contributed by atoms with Crippen molar-refractivity contribution in [1.29, 1.82) is 0 Å². The first kappa shape index (κ1) is 14.6. The Morgan fingerprint density at radius 3 is 2.65 bits per heavy atom. The molecule has 1 heterocycles. The number of aryl methyl sites for hydroxylation is 1. The molecule has 2 aromatic rings. The van der Waals surface area contributed by atoms with Gasteiger partial charge in [-0.05, 0) is 18.6 Å². The Bertz CT molecular complexity index is 636. The summed E-state index contributed by atoms with van der Waals surface area (Å²) in [6, 6.07) is 5.98. The van der Waals surface area contributed by atoms with Gasteiger partial charge < -0.3 is 4.74 Å². The maximum Gasteiger partial charge on any atom is 0.310 e. The minimum atomic E-state index is -0.191. The molecule has 0 radical (unpaired) electrons. The summed E-state index contributed by atoms with van der Waals surface area (Å²) in [6.45, 7) is 8.64. The molecule has 0 aliphatic rings. The highest BCUT2D eigenvalue weighted by Gasteiger charge is 2.24. The number of hydrogen-bond acceptors (Lipinski definition) is 3. The molecule has 108 valence electrons. The molecule has 4 nitrogen and oxygen atoms in total. The third-order valence-corrected chi connectivity index (χ3v) is 3.31. The van der Waals surface area contributed by atoms with Gasteiger partial charge in [-0.15, -0.1) is 0 Å². The quantitative estimate of drug-likeness (QED) is 0.808. The summed E-state index contributed by atoms with van der Waals surface area (Å²) >= 11 is 0. The van der Waals surface area contributed by atoms with Crippen LogP contribution in [0.2, 0.25) is 0 Å². The summed E-state index contributed by atoms with van der Waals surface area (Å²) < 4.78 is 6.94. The fraction of sp³-hybridized carbons (Fsp3) is 0.500. The smallest absolute Gasteiger partial charge is 0.310 e. The molecule has 1 aromatic carbocycles. The van der Waals surface area contributed by atoms with Gasteiger partial charge in [0.05, 0.1) is 24.2 Å². The zero-order valence-corrected chi connectivity index (χ0v) is 12.9. The second-order valence-corrected chi connectivity index (χ2v) is 6.02. The van der Waals surface area contributed by atoms with Crippen molar-refractivity contribution in [2.24, 2.45) is 7.05 Å². The lowest BCUT2D eigenvalue weighted by Gasteiger charge is -2.16. The van der Waals surface area contributed by atoms with Crippen LogP contribution in [0, 0.1) is 0 Å². The molecule has 0 spiro atoms. The summed E-state index contributed by atoms with van der Waals surface area (Å²) in [7, 11) is 1.94. The molecule has 0 bridgehead atoms. The first-order valence-corrected chi connectivity index (χ1v) is 6.95. The van der Waals surface area contributed by atoms with Crippen molar-refractivity contribution < 1.29 is 9.53 Å². The molecule has 2 rings (SSSR count). The SMILES string of the molecule is CCOC(=O)Cc1cccc2c1c(C(C)(C)C)nn2C. The second kappa shape index (κ2) is 5.27. The third kappa shape index (κ3) is 2.69. The lowest BCUT2D eigenvalue weighted by Crippen LogP contribution is -2.14. The molecule has 1 aromatic heterocycles. The lowest BCUT2D eigenvalue weighted by molar-refractivity contribution is -0.142. The number of fused-ring (bicyclic) bond motifs is 1. The van der Waals surface area contributed by atoms with Crippen LogP contribution >= 0.6 is 0 Å². The van der Waals surface area contributed by atoms with Crippen LogP contribution in [-0.2, 0) is 28.4 Å². The number of carbonyl (C=O) groups is 1. The van der Waals surface area contributed by atoms with Crippen LogP contribution in [0.4, 0.5) is 0 Å². The fourth-order valence-electron chi connectivity index (χ4n) is 2.42. The van der Waals surface area contributed by atoms with Crippen LogP contribution in [0.25, 0.3) is 10.9 Å². The van der Waals surface area contributed by atoms with E-state index >= 15 is 0 Å². The van der Waals surface area contributed by atoms with Gasteiger partial charge in [-0.3, -0.25) is 9.48 Å². The van der Waals surface area contributed by atoms with Gasteiger partial charge in [-0.25, -0.2) is 0 Å². The van der Waals surface area contributed by atoms with Crippen molar-refractivity contribution in [1.82, 2.24) is 9.78 Å².